The quantitative estimate of drug-likeness (QED) is 0.624. The van der Waals surface area contributed by atoms with E-state index in [4.69, 9.17) is 4.74 Å². The molecule has 0 spiro atoms. The zero-order chi connectivity index (χ0) is 12.5. The molecule has 1 heterocycles. The zero-order valence-electron chi connectivity index (χ0n) is 10.6. The second-order valence-corrected chi connectivity index (χ2v) is 4.70. The summed E-state index contributed by atoms with van der Waals surface area (Å²) in [5.74, 6) is 0.898. The van der Waals surface area contributed by atoms with Crippen LogP contribution >= 0.6 is 0 Å². The summed E-state index contributed by atoms with van der Waals surface area (Å²) in [7, 11) is 0. The van der Waals surface area contributed by atoms with Gasteiger partial charge in [0.25, 0.3) is 0 Å². The SMILES string of the molecule is CC(C)Oc1ccc2nc3ccccc3cc2c1. The Morgan fingerprint density at radius 1 is 0.889 bits per heavy atom. The second kappa shape index (κ2) is 4.30. The third kappa shape index (κ3) is 2.02. The number of aromatic nitrogens is 1. The largest absolute Gasteiger partial charge is 0.491 e. The van der Waals surface area contributed by atoms with Gasteiger partial charge in [0.15, 0.2) is 0 Å². The van der Waals surface area contributed by atoms with Crippen LogP contribution < -0.4 is 4.74 Å². The van der Waals surface area contributed by atoms with Gasteiger partial charge in [0.05, 0.1) is 17.1 Å². The number of hydrogen-bond acceptors (Lipinski definition) is 2. The molecule has 0 radical (unpaired) electrons. The topological polar surface area (TPSA) is 22.1 Å². The number of ether oxygens (including phenoxy) is 1. The molecule has 0 aliphatic heterocycles. The molecule has 0 N–H and O–H groups in total. The van der Waals surface area contributed by atoms with E-state index in [1.165, 1.54) is 0 Å². The van der Waals surface area contributed by atoms with Gasteiger partial charge in [-0.25, -0.2) is 4.98 Å². The summed E-state index contributed by atoms with van der Waals surface area (Å²) >= 11 is 0. The highest BCUT2D eigenvalue weighted by Crippen LogP contribution is 2.24. The fourth-order valence-corrected chi connectivity index (χ4v) is 2.10. The molecule has 3 aromatic rings. The van der Waals surface area contributed by atoms with Gasteiger partial charge in [0, 0.05) is 10.8 Å². The average molecular weight is 237 g/mol. The van der Waals surface area contributed by atoms with Gasteiger partial charge in [-0.3, -0.25) is 0 Å². The number of pyridine rings is 1. The van der Waals surface area contributed by atoms with Crippen molar-refractivity contribution in [1.82, 2.24) is 4.98 Å². The molecule has 2 heteroatoms. The van der Waals surface area contributed by atoms with Gasteiger partial charge >= 0.3 is 0 Å². The van der Waals surface area contributed by atoms with Crippen LogP contribution in [0.4, 0.5) is 0 Å². The van der Waals surface area contributed by atoms with Crippen LogP contribution in [-0.4, -0.2) is 11.1 Å². The fraction of sp³-hybridized carbons (Fsp3) is 0.188. The first-order valence-corrected chi connectivity index (χ1v) is 6.18. The first-order chi connectivity index (χ1) is 8.72. The van der Waals surface area contributed by atoms with E-state index in [9.17, 15) is 0 Å². The number of benzene rings is 2. The van der Waals surface area contributed by atoms with E-state index < -0.39 is 0 Å². The van der Waals surface area contributed by atoms with Crippen molar-refractivity contribution in [3.63, 3.8) is 0 Å². The minimum absolute atomic E-state index is 0.191. The lowest BCUT2D eigenvalue weighted by Crippen LogP contribution is -2.05. The number of hydrogen-bond donors (Lipinski definition) is 0. The minimum atomic E-state index is 0.191. The normalized spacial score (nSPS) is 11.3. The number of nitrogens with zero attached hydrogens (tertiary/aromatic N) is 1. The average Bonchev–Trinajstić information content (AvgIpc) is 2.35. The predicted octanol–water partition coefficient (Wildman–Crippen LogP) is 4.18. The van der Waals surface area contributed by atoms with Crippen LogP contribution in [0.1, 0.15) is 13.8 Å². The maximum absolute atomic E-state index is 5.71. The van der Waals surface area contributed by atoms with Crippen LogP contribution in [0.2, 0.25) is 0 Å². The van der Waals surface area contributed by atoms with Gasteiger partial charge in [0.1, 0.15) is 5.75 Å². The summed E-state index contributed by atoms with van der Waals surface area (Å²) in [6.07, 6.45) is 0.191. The van der Waals surface area contributed by atoms with Gasteiger partial charge in [-0.1, -0.05) is 18.2 Å². The Hall–Kier alpha value is -2.09. The lowest BCUT2D eigenvalue weighted by molar-refractivity contribution is 0.243. The predicted molar refractivity (Wildman–Crippen MR) is 75.0 cm³/mol. The maximum Gasteiger partial charge on any atom is 0.120 e. The summed E-state index contributed by atoms with van der Waals surface area (Å²) in [4.78, 5) is 4.64. The molecule has 2 aromatic carbocycles. The Morgan fingerprint density at radius 3 is 2.50 bits per heavy atom. The highest BCUT2D eigenvalue weighted by Gasteiger charge is 2.02. The Morgan fingerprint density at radius 2 is 1.67 bits per heavy atom. The molecule has 2 nitrogen and oxygen atoms in total. The summed E-state index contributed by atoms with van der Waals surface area (Å²) in [5.41, 5.74) is 2.03. The molecule has 0 fully saturated rings. The lowest BCUT2D eigenvalue weighted by Gasteiger charge is -2.10. The molecule has 0 atom stereocenters. The summed E-state index contributed by atoms with van der Waals surface area (Å²) < 4.78 is 5.71. The van der Waals surface area contributed by atoms with Crippen LogP contribution in [-0.2, 0) is 0 Å². The first-order valence-electron chi connectivity index (χ1n) is 6.18. The van der Waals surface area contributed by atoms with Crippen LogP contribution in [0, 0.1) is 0 Å². The standard InChI is InChI=1S/C16H15NO/c1-11(2)18-14-7-8-16-13(10-14)9-12-5-3-4-6-15(12)17-16/h3-11H,1-2H3. The Labute approximate surface area is 106 Å². The van der Waals surface area contributed by atoms with Gasteiger partial charge in [-0.15, -0.1) is 0 Å². The monoisotopic (exact) mass is 237 g/mol. The van der Waals surface area contributed by atoms with Gasteiger partial charge in [0.2, 0.25) is 0 Å². The van der Waals surface area contributed by atoms with Gasteiger partial charge in [-0.05, 0) is 44.2 Å². The maximum atomic E-state index is 5.71. The van der Waals surface area contributed by atoms with E-state index in [0.717, 1.165) is 27.6 Å². The van der Waals surface area contributed by atoms with E-state index in [-0.39, 0.29) is 6.10 Å². The van der Waals surface area contributed by atoms with Crippen molar-refractivity contribution in [3.05, 3.63) is 48.5 Å². The van der Waals surface area contributed by atoms with Crippen molar-refractivity contribution in [3.8, 4) is 5.75 Å². The number of fused-ring (bicyclic) bond motifs is 2. The second-order valence-electron chi connectivity index (χ2n) is 4.70. The molecule has 0 bridgehead atoms. The molecule has 90 valence electrons. The molecule has 0 aliphatic carbocycles. The van der Waals surface area contributed by atoms with E-state index in [1.807, 2.05) is 44.2 Å². The van der Waals surface area contributed by atoms with Crippen molar-refractivity contribution in [2.75, 3.05) is 0 Å². The van der Waals surface area contributed by atoms with Crippen molar-refractivity contribution in [1.29, 1.82) is 0 Å². The van der Waals surface area contributed by atoms with Crippen LogP contribution in [0.5, 0.6) is 5.75 Å². The molecule has 0 saturated heterocycles. The summed E-state index contributed by atoms with van der Waals surface area (Å²) in [5, 5.41) is 2.28. The number of para-hydroxylation sites is 1. The Kier molecular flexibility index (Phi) is 2.63. The zero-order valence-corrected chi connectivity index (χ0v) is 10.6. The van der Waals surface area contributed by atoms with Crippen molar-refractivity contribution in [2.24, 2.45) is 0 Å². The van der Waals surface area contributed by atoms with Gasteiger partial charge in [-0.2, -0.15) is 0 Å². The molecule has 1 aromatic heterocycles. The molecule has 0 amide bonds. The van der Waals surface area contributed by atoms with E-state index in [0.29, 0.717) is 0 Å². The molecule has 0 saturated carbocycles. The summed E-state index contributed by atoms with van der Waals surface area (Å²) in [6, 6.07) is 16.4. The highest BCUT2D eigenvalue weighted by atomic mass is 16.5. The highest BCUT2D eigenvalue weighted by molar-refractivity contribution is 5.93. The Bertz CT molecular complexity index is 704. The van der Waals surface area contributed by atoms with Crippen LogP contribution in [0.25, 0.3) is 21.8 Å². The van der Waals surface area contributed by atoms with Crippen LogP contribution in [0.3, 0.4) is 0 Å². The van der Waals surface area contributed by atoms with E-state index in [2.05, 4.69) is 23.2 Å². The van der Waals surface area contributed by atoms with Crippen molar-refractivity contribution >= 4 is 21.8 Å². The van der Waals surface area contributed by atoms with Crippen molar-refractivity contribution in [2.45, 2.75) is 20.0 Å². The third-order valence-electron chi connectivity index (χ3n) is 2.86. The summed E-state index contributed by atoms with van der Waals surface area (Å²) in [6.45, 7) is 4.06. The minimum Gasteiger partial charge on any atom is -0.491 e. The molecule has 0 aliphatic rings. The molecule has 0 unspecified atom stereocenters. The van der Waals surface area contributed by atoms with Crippen LogP contribution in [0.15, 0.2) is 48.5 Å². The first kappa shape index (κ1) is 11.0. The third-order valence-corrected chi connectivity index (χ3v) is 2.86. The van der Waals surface area contributed by atoms with Gasteiger partial charge < -0.3 is 4.74 Å². The van der Waals surface area contributed by atoms with E-state index >= 15 is 0 Å². The smallest absolute Gasteiger partial charge is 0.120 e. The molecule has 3 rings (SSSR count). The molecule has 18 heavy (non-hydrogen) atoms. The lowest BCUT2D eigenvalue weighted by atomic mass is 10.1. The van der Waals surface area contributed by atoms with E-state index in [1.54, 1.807) is 0 Å². The fourth-order valence-electron chi connectivity index (χ4n) is 2.10. The number of rotatable bonds is 2. The van der Waals surface area contributed by atoms with Crippen molar-refractivity contribution < 1.29 is 4.74 Å². The molecular weight excluding hydrogens is 222 g/mol. The molecular formula is C16H15NO. The Balaban J connectivity index is 2.18.